The van der Waals surface area contributed by atoms with E-state index < -0.39 is 12.3 Å². The molecule has 8 nitrogen and oxygen atoms in total. The lowest BCUT2D eigenvalue weighted by Crippen LogP contribution is -2.53. The molecule has 0 saturated carbocycles. The molecule has 4 heterocycles. The summed E-state index contributed by atoms with van der Waals surface area (Å²) in [5.74, 6) is -0.510. The maximum absolute atomic E-state index is 13.4. The molecule has 2 aliphatic rings. The van der Waals surface area contributed by atoms with Crippen molar-refractivity contribution in [3.05, 3.63) is 53.6 Å². The van der Waals surface area contributed by atoms with Gasteiger partial charge in [0.25, 0.3) is 11.8 Å². The summed E-state index contributed by atoms with van der Waals surface area (Å²) in [5, 5.41) is 4.62. The molecule has 5 rings (SSSR count). The maximum Gasteiger partial charge on any atom is 0.274 e. The normalized spacial score (nSPS) is 20.5. The number of nitrogens with zero attached hydrogens (tertiary/aromatic N) is 5. The highest BCUT2D eigenvalue weighted by atomic mass is 19.1. The van der Waals surface area contributed by atoms with Gasteiger partial charge in [0.15, 0.2) is 11.9 Å². The molecule has 184 valence electrons. The Kier molecular flexibility index (Phi) is 5.83. The highest BCUT2D eigenvalue weighted by Gasteiger charge is 2.45. The summed E-state index contributed by atoms with van der Waals surface area (Å²) in [7, 11) is 0. The quantitative estimate of drug-likeness (QED) is 0.572. The number of hydrogen-bond donors (Lipinski definition) is 0. The smallest absolute Gasteiger partial charge is 0.274 e. The van der Waals surface area contributed by atoms with E-state index in [2.05, 4.69) is 30.9 Å². The van der Waals surface area contributed by atoms with E-state index in [0.717, 1.165) is 11.1 Å². The lowest BCUT2D eigenvalue weighted by atomic mass is 9.89. The SMILES string of the molecule is CCc1cc(-c2ccc(F)cc2)nn2cc(C(=O)N3CCN4C(=O)[C@@H](CC(C)(C)C)O[C@H]4C3)nc12. The van der Waals surface area contributed by atoms with Gasteiger partial charge in [0.1, 0.15) is 17.6 Å². The van der Waals surface area contributed by atoms with Crippen LogP contribution < -0.4 is 0 Å². The van der Waals surface area contributed by atoms with E-state index in [1.807, 2.05) is 13.0 Å². The van der Waals surface area contributed by atoms with Crippen LogP contribution in [0.25, 0.3) is 16.9 Å². The molecule has 2 aromatic heterocycles. The fourth-order valence-electron chi connectivity index (χ4n) is 4.76. The molecule has 9 heteroatoms. The number of imidazole rings is 1. The molecule has 0 unspecified atom stereocenters. The fraction of sp³-hybridized carbons (Fsp3) is 0.462. The first-order valence-corrected chi connectivity index (χ1v) is 12.0. The molecule has 0 aliphatic carbocycles. The summed E-state index contributed by atoms with van der Waals surface area (Å²) in [5.41, 5.74) is 3.30. The Morgan fingerprint density at radius 3 is 2.63 bits per heavy atom. The van der Waals surface area contributed by atoms with Crippen molar-refractivity contribution in [2.75, 3.05) is 19.6 Å². The number of ether oxygens (including phenoxy) is 1. The van der Waals surface area contributed by atoms with E-state index in [1.165, 1.54) is 12.1 Å². The predicted octanol–water partition coefficient (Wildman–Crippen LogP) is 3.54. The molecule has 3 aromatic rings. The molecule has 0 N–H and O–H groups in total. The van der Waals surface area contributed by atoms with E-state index in [-0.39, 0.29) is 23.0 Å². The molecular formula is C26H30FN5O3. The molecule has 2 fully saturated rings. The number of hydrogen-bond acceptors (Lipinski definition) is 5. The van der Waals surface area contributed by atoms with Crippen molar-refractivity contribution in [1.29, 1.82) is 0 Å². The largest absolute Gasteiger partial charge is 0.343 e. The molecule has 0 radical (unpaired) electrons. The number of aromatic nitrogens is 3. The van der Waals surface area contributed by atoms with Gasteiger partial charge in [0, 0.05) is 18.7 Å². The zero-order valence-electron chi connectivity index (χ0n) is 20.5. The standard InChI is InChI=1S/C26H30FN5O3/c1-5-16-12-19(17-6-8-18(27)9-7-17)29-32-14-20(28-23(16)32)24(33)30-10-11-31-22(15-30)35-21(25(31)34)13-26(2,3)4/h6-9,12,14,21-22H,5,10-11,13,15H2,1-4H3/t21-,22+/m1/s1. The molecule has 35 heavy (non-hydrogen) atoms. The Bertz CT molecular complexity index is 1280. The minimum Gasteiger partial charge on any atom is -0.343 e. The third-order valence-electron chi connectivity index (χ3n) is 6.54. The molecule has 2 atom stereocenters. The van der Waals surface area contributed by atoms with Crippen LogP contribution in [0.15, 0.2) is 36.5 Å². The highest BCUT2D eigenvalue weighted by molar-refractivity contribution is 5.93. The minimum atomic E-state index is -0.466. The predicted molar refractivity (Wildman–Crippen MR) is 128 cm³/mol. The summed E-state index contributed by atoms with van der Waals surface area (Å²) in [4.78, 5) is 34.2. The highest BCUT2D eigenvalue weighted by Crippen LogP contribution is 2.31. The van der Waals surface area contributed by atoms with Crippen LogP contribution in [-0.4, -0.2) is 68.2 Å². The molecule has 0 bridgehead atoms. The van der Waals surface area contributed by atoms with Crippen molar-refractivity contribution in [3.63, 3.8) is 0 Å². The lowest BCUT2D eigenvalue weighted by Gasteiger charge is -2.35. The summed E-state index contributed by atoms with van der Waals surface area (Å²) >= 11 is 0. The zero-order chi connectivity index (χ0) is 24.9. The van der Waals surface area contributed by atoms with Gasteiger partial charge in [-0.3, -0.25) is 9.59 Å². The van der Waals surface area contributed by atoms with Gasteiger partial charge in [-0.2, -0.15) is 5.10 Å². The van der Waals surface area contributed by atoms with Gasteiger partial charge in [-0.15, -0.1) is 0 Å². The number of amides is 2. The minimum absolute atomic E-state index is 0.00913. The Hall–Kier alpha value is -3.33. The molecule has 0 spiro atoms. The third kappa shape index (κ3) is 4.52. The van der Waals surface area contributed by atoms with Crippen LogP contribution in [0, 0.1) is 11.2 Å². The number of aryl methyl sites for hydroxylation is 1. The Morgan fingerprint density at radius 1 is 1.20 bits per heavy atom. The van der Waals surface area contributed by atoms with Crippen LogP contribution >= 0.6 is 0 Å². The second kappa shape index (κ2) is 8.71. The van der Waals surface area contributed by atoms with E-state index >= 15 is 0 Å². The number of carbonyl (C=O) groups is 2. The number of benzene rings is 1. The number of piperazine rings is 1. The second-order valence-corrected chi connectivity index (χ2v) is 10.4. The summed E-state index contributed by atoms with van der Waals surface area (Å²) < 4.78 is 21.0. The van der Waals surface area contributed by atoms with Gasteiger partial charge in [-0.1, -0.05) is 27.7 Å². The first-order valence-electron chi connectivity index (χ1n) is 12.0. The Labute approximate surface area is 203 Å². The van der Waals surface area contributed by atoms with Crippen LogP contribution in [0.3, 0.4) is 0 Å². The first-order chi connectivity index (χ1) is 16.6. The summed E-state index contributed by atoms with van der Waals surface area (Å²) in [6, 6.07) is 8.09. The lowest BCUT2D eigenvalue weighted by molar-refractivity contribution is -0.132. The molecular weight excluding hydrogens is 449 g/mol. The molecule has 2 amide bonds. The number of fused-ring (bicyclic) bond motifs is 2. The monoisotopic (exact) mass is 479 g/mol. The summed E-state index contributed by atoms with van der Waals surface area (Å²) in [6.45, 7) is 9.45. The van der Waals surface area contributed by atoms with Crippen molar-refractivity contribution in [2.24, 2.45) is 5.41 Å². The summed E-state index contributed by atoms with van der Waals surface area (Å²) in [6.07, 6.45) is 2.09. The van der Waals surface area contributed by atoms with Gasteiger partial charge in [0.2, 0.25) is 0 Å². The number of halogens is 1. The van der Waals surface area contributed by atoms with Crippen LogP contribution in [0.2, 0.25) is 0 Å². The maximum atomic E-state index is 13.4. The fourth-order valence-corrected chi connectivity index (χ4v) is 4.76. The van der Waals surface area contributed by atoms with Crippen molar-refractivity contribution >= 4 is 17.5 Å². The van der Waals surface area contributed by atoms with Crippen LogP contribution in [0.4, 0.5) is 4.39 Å². The van der Waals surface area contributed by atoms with Gasteiger partial charge in [-0.05, 0) is 54.2 Å². The van der Waals surface area contributed by atoms with Gasteiger partial charge in [-0.25, -0.2) is 13.9 Å². The van der Waals surface area contributed by atoms with E-state index in [4.69, 9.17) is 4.74 Å². The van der Waals surface area contributed by atoms with Gasteiger partial charge in [0.05, 0.1) is 18.4 Å². The van der Waals surface area contributed by atoms with Crippen LogP contribution in [0.5, 0.6) is 0 Å². The van der Waals surface area contributed by atoms with E-state index in [9.17, 15) is 14.0 Å². The van der Waals surface area contributed by atoms with Crippen molar-refractivity contribution in [2.45, 2.75) is 52.9 Å². The van der Waals surface area contributed by atoms with Crippen LogP contribution in [-0.2, 0) is 16.0 Å². The molecule has 1 aromatic carbocycles. The molecule has 2 aliphatic heterocycles. The number of carbonyl (C=O) groups excluding carboxylic acids is 2. The zero-order valence-corrected chi connectivity index (χ0v) is 20.5. The van der Waals surface area contributed by atoms with E-state index in [0.29, 0.717) is 49.5 Å². The van der Waals surface area contributed by atoms with Crippen molar-refractivity contribution in [1.82, 2.24) is 24.4 Å². The van der Waals surface area contributed by atoms with Crippen LogP contribution in [0.1, 0.15) is 50.2 Å². The van der Waals surface area contributed by atoms with Crippen molar-refractivity contribution in [3.8, 4) is 11.3 Å². The van der Waals surface area contributed by atoms with Crippen molar-refractivity contribution < 1.29 is 18.7 Å². The average Bonchev–Trinajstić information content (AvgIpc) is 3.38. The van der Waals surface area contributed by atoms with Gasteiger partial charge >= 0.3 is 0 Å². The second-order valence-electron chi connectivity index (χ2n) is 10.4. The average molecular weight is 480 g/mol. The number of rotatable bonds is 4. The topological polar surface area (TPSA) is 80.0 Å². The van der Waals surface area contributed by atoms with E-state index in [1.54, 1.807) is 32.6 Å². The molecule has 2 saturated heterocycles. The third-order valence-corrected chi connectivity index (χ3v) is 6.54. The Morgan fingerprint density at radius 2 is 1.94 bits per heavy atom. The Balaban J connectivity index is 1.37. The first kappa shape index (κ1) is 23.4. The van der Waals surface area contributed by atoms with Gasteiger partial charge < -0.3 is 14.5 Å².